The summed E-state index contributed by atoms with van der Waals surface area (Å²) in [5.74, 6) is 0.357. The molecule has 0 N–H and O–H groups in total. The number of thioether (sulfide) groups is 1. The SMILES string of the molecule is CCOC(=O)[C@H](C)N1C(=O)S/C(=C\c2cc3c(cc2OC)OCO3)C1=O. The van der Waals surface area contributed by atoms with Crippen LogP contribution in [0.15, 0.2) is 17.0 Å². The third-order valence-corrected chi connectivity index (χ3v) is 4.73. The Hall–Kier alpha value is -2.68. The number of amides is 2. The van der Waals surface area contributed by atoms with Crippen molar-refractivity contribution in [3.8, 4) is 17.2 Å². The molecular weight excluding hydrogens is 362 g/mol. The van der Waals surface area contributed by atoms with Crippen LogP contribution < -0.4 is 14.2 Å². The lowest BCUT2D eigenvalue weighted by Crippen LogP contribution is -2.42. The van der Waals surface area contributed by atoms with Crippen LogP contribution in [0.25, 0.3) is 6.08 Å². The lowest BCUT2D eigenvalue weighted by molar-refractivity contribution is -0.150. The van der Waals surface area contributed by atoms with Gasteiger partial charge in [0.05, 0.1) is 18.6 Å². The zero-order valence-electron chi connectivity index (χ0n) is 14.4. The Bertz CT molecular complexity index is 805. The van der Waals surface area contributed by atoms with Crippen LogP contribution in [0.1, 0.15) is 19.4 Å². The van der Waals surface area contributed by atoms with Gasteiger partial charge in [0.2, 0.25) is 6.79 Å². The van der Waals surface area contributed by atoms with Gasteiger partial charge in [-0.25, -0.2) is 4.79 Å². The fourth-order valence-electron chi connectivity index (χ4n) is 2.55. The molecule has 2 heterocycles. The normalized spacial score (nSPS) is 18.4. The number of nitrogens with zero attached hydrogens (tertiary/aromatic N) is 1. The van der Waals surface area contributed by atoms with Gasteiger partial charge in [-0.3, -0.25) is 14.5 Å². The Morgan fingerprint density at radius 3 is 2.69 bits per heavy atom. The number of hydrogen-bond acceptors (Lipinski definition) is 8. The third-order valence-electron chi connectivity index (χ3n) is 3.85. The molecule has 1 aromatic rings. The standard InChI is InChI=1S/C17H17NO7S/c1-4-23-16(20)9(2)18-15(19)14(26-17(18)21)6-10-5-12-13(25-8-24-12)7-11(10)22-3/h5-7,9H,4,8H2,1-3H3/b14-6-/t9-/m0/s1. The molecule has 8 nitrogen and oxygen atoms in total. The molecule has 1 fully saturated rings. The first kappa shape index (κ1) is 18.1. The third kappa shape index (κ3) is 3.22. The Balaban J connectivity index is 1.90. The summed E-state index contributed by atoms with van der Waals surface area (Å²) in [6, 6.07) is 2.33. The molecule has 0 aromatic heterocycles. The maximum atomic E-state index is 12.6. The lowest BCUT2D eigenvalue weighted by atomic mass is 10.1. The highest BCUT2D eigenvalue weighted by atomic mass is 32.2. The van der Waals surface area contributed by atoms with Gasteiger partial charge in [0.15, 0.2) is 11.5 Å². The molecule has 3 rings (SSSR count). The molecule has 1 aromatic carbocycles. The first-order valence-electron chi connectivity index (χ1n) is 7.87. The van der Waals surface area contributed by atoms with Gasteiger partial charge in [0.25, 0.3) is 11.1 Å². The van der Waals surface area contributed by atoms with Crippen molar-refractivity contribution in [1.82, 2.24) is 4.90 Å². The molecule has 26 heavy (non-hydrogen) atoms. The van der Waals surface area contributed by atoms with Crippen molar-refractivity contribution < 1.29 is 33.3 Å². The molecule has 0 saturated carbocycles. The summed E-state index contributed by atoms with van der Waals surface area (Å²) >= 11 is 0.756. The molecule has 0 bridgehead atoms. The number of rotatable bonds is 5. The van der Waals surface area contributed by atoms with E-state index in [2.05, 4.69) is 0 Å². The van der Waals surface area contributed by atoms with E-state index in [0.717, 1.165) is 16.7 Å². The van der Waals surface area contributed by atoms with Gasteiger partial charge in [-0.15, -0.1) is 0 Å². The molecule has 1 atom stereocenters. The second-order valence-electron chi connectivity index (χ2n) is 5.43. The van der Waals surface area contributed by atoms with E-state index in [1.165, 1.54) is 20.1 Å². The minimum atomic E-state index is -0.994. The molecule has 2 aliphatic rings. The van der Waals surface area contributed by atoms with Crippen LogP contribution in [0.4, 0.5) is 4.79 Å². The Morgan fingerprint density at radius 2 is 2.04 bits per heavy atom. The number of methoxy groups -OCH3 is 1. The summed E-state index contributed by atoms with van der Waals surface area (Å²) < 4.78 is 20.8. The van der Waals surface area contributed by atoms with E-state index < -0.39 is 23.2 Å². The van der Waals surface area contributed by atoms with Gasteiger partial charge in [-0.1, -0.05) is 0 Å². The summed E-state index contributed by atoms with van der Waals surface area (Å²) in [6.07, 6.45) is 1.53. The maximum absolute atomic E-state index is 12.6. The number of fused-ring (bicyclic) bond motifs is 1. The van der Waals surface area contributed by atoms with Gasteiger partial charge >= 0.3 is 5.97 Å². The van der Waals surface area contributed by atoms with Crippen LogP contribution in [0, 0.1) is 0 Å². The summed E-state index contributed by atoms with van der Waals surface area (Å²) in [4.78, 5) is 37.8. The molecule has 2 aliphatic heterocycles. The Morgan fingerprint density at radius 1 is 1.35 bits per heavy atom. The van der Waals surface area contributed by atoms with Gasteiger partial charge < -0.3 is 18.9 Å². The van der Waals surface area contributed by atoms with E-state index in [4.69, 9.17) is 18.9 Å². The highest BCUT2D eigenvalue weighted by Gasteiger charge is 2.41. The van der Waals surface area contributed by atoms with Crippen LogP contribution in [0.5, 0.6) is 17.2 Å². The van der Waals surface area contributed by atoms with Crippen molar-refractivity contribution >= 4 is 35.0 Å². The van der Waals surface area contributed by atoms with Crippen molar-refractivity contribution in [3.05, 3.63) is 22.6 Å². The molecule has 2 amide bonds. The first-order chi connectivity index (χ1) is 12.5. The van der Waals surface area contributed by atoms with Gasteiger partial charge in [0.1, 0.15) is 11.8 Å². The predicted octanol–water partition coefficient (Wildman–Crippen LogP) is 2.41. The highest BCUT2D eigenvalue weighted by molar-refractivity contribution is 8.18. The quantitative estimate of drug-likeness (QED) is 0.569. The van der Waals surface area contributed by atoms with Crippen molar-refractivity contribution in [2.45, 2.75) is 19.9 Å². The van der Waals surface area contributed by atoms with Crippen LogP contribution in [0.2, 0.25) is 0 Å². The van der Waals surface area contributed by atoms with E-state index in [1.54, 1.807) is 19.1 Å². The minimum Gasteiger partial charge on any atom is -0.496 e. The summed E-state index contributed by atoms with van der Waals surface area (Å²) in [6.45, 7) is 3.39. The Kier molecular flexibility index (Phi) is 5.08. The van der Waals surface area contributed by atoms with Gasteiger partial charge in [-0.2, -0.15) is 0 Å². The molecule has 138 valence electrons. The molecule has 0 unspecified atom stereocenters. The molecular formula is C17H17NO7S. The first-order valence-corrected chi connectivity index (χ1v) is 8.69. The van der Waals surface area contributed by atoms with E-state index in [9.17, 15) is 14.4 Å². The van der Waals surface area contributed by atoms with Crippen molar-refractivity contribution in [2.24, 2.45) is 0 Å². The molecule has 0 aliphatic carbocycles. The van der Waals surface area contributed by atoms with Gasteiger partial charge in [0, 0.05) is 11.6 Å². The van der Waals surface area contributed by atoms with Crippen LogP contribution in [0.3, 0.4) is 0 Å². The molecule has 9 heteroatoms. The molecule has 1 saturated heterocycles. The van der Waals surface area contributed by atoms with E-state index in [0.29, 0.717) is 22.8 Å². The van der Waals surface area contributed by atoms with Crippen LogP contribution >= 0.6 is 11.8 Å². The Labute approximate surface area is 154 Å². The summed E-state index contributed by atoms with van der Waals surface area (Å²) in [5.41, 5.74) is 0.561. The van der Waals surface area contributed by atoms with Crippen LogP contribution in [-0.2, 0) is 14.3 Å². The topological polar surface area (TPSA) is 91.4 Å². The largest absolute Gasteiger partial charge is 0.496 e. The van der Waals surface area contributed by atoms with Crippen molar-refractivity contribution in [1.29, 1.82) is 0 Å². The van der Waals surface area contributed by atoms with E-state index in [-0.39, 0.29) is 18.3 Å². The summed E-state index contributed by atoms with van der Waals surface area (Å²) in [5, 5.41) is -0.526. The number of benzene rings is 1. The van der Waals surface area contributed by atoms with Gasteiger partial charge in [-0.05, 0) is 37.8 Å². The zero-order valence-corrected chi connectivity index (χ0v) is 15.3. The smallest absolute Gasteiger partial charge is 0.329 e. The second kappa shape index (κ2) is 7.28. The number of imide groups is 1. The highest BCUT2D eigenvalue weighted by Crippen LogP contribution is 2.41. The average molecular weight is 379 g/mol. The lowest BCUT2D eigenvalue weighted by Gasteiger charge is -2.19. The van der Waals surface area contributed by atoms with Crippen molar-refractivity contribution in [2.75, 3.05) is 20.5 Å². The average Bonchev–Trinajstić information content (AvgIpc) is 3.17. The fourth-order valence-corrected chi connectivity index (χ4v) is 3.45. The number of carbonyl (C=O) groups is 3. The number of hydrogen-bond donors (Lipinski definition) is 0. The number of esters is 1. The van der Waals surface area contributed by atoms with E-state index >= 15 is 0 Å². The van der Waals surface area contributed by atoms with Crippen molar-refractivity contribution in [3.63, 3.8) is 0 Å². The summed E-state index contributed by atoms with van der Waals surface area (Å²) in [7, 11) is 1.49. The monoisotopic (exact) mass is 379 g/mol. The minimum absolute atomic E-state index is 0.107. The predicted molar refractivity (Wildman–Crippen MR) is 93.0 cm³/mol. The fraction of sp³-hybridized carbons (Fsp3) is 0.353. The second-order valence-corrected chi connectivity index (χ2v) is 6.42. The number of ether oxygens (including phenoxy) is 4. The number of carbonyl (C=O) groups excluding carboxylic acids is 3. The van der Waals surface area contributed by atoms with Crippen LogP contribution in [-0.4, -0.2) is 48.6 Å². The zero-order chi connectivity index (χ0) is 18.8. The molecule has 0 radical (unpaired) electrons. The molecule has 0 spiro atoms. The maximum Gasteiger partial charge on any atom is 0.329 e. The van der Waals surface area contributed by atoms with E-state index in [1.807, 2.05) is 0 Å².